The van der Waals surface area contributed by atoms with Crippen molar-refractivity contribution in [3.8, 4) is 11.5 Å². The number of rotatable bonds is 2. The van der Waals surface area contributed by atoms with Crippen LogP contribution in [-0.2, 0) is 9.59 Å². The summed E-state index contributed by atoms with van der Waals surface area (Å²) in [4.78, 5) is 23.8. The van der Waals surface area contributed by atoms with Crippen molar-refractivity contribution in [1.82, 2.24) is 0 Å². The topological polar surface area (TPSA) is 76.7 Å². The molecule has 0 atom stereocenters. The number of carbonyl (C=O) groups excluding carboxylic acids is 2. The molecule has 1 aliphatic heterocycles. The second-order valence-electron chi connectivity index (χ2n) is 4.49. The van der Waals surface area contributed by atoms with Gasteiger partial charge in [0.15, 0.2) is 11.5 Å². The number of amides is 2. The van der Waals surface area contributed by atoms with Gasteiger partial charge in [0.25, 0.3) is 0 Å². The van der Waals surface area contributed by atoms with Crippen molar-refractivity contribution in [3.63, 3.8) is 0 Å². The largest absolute Gasteiger partial charge is 0.454 e. The number of carbonyl (C=O) groups is 2. The number of fused-ring (bicyclic) bond motifs is 1. The Labute approximate surface area is 134 Å². The second-order valence-corrected chi connectivity index (χ2v) is 5.40. The Morgan fingerprint density at radius 2 is 1.59 bits per heavy atom. The first-order chi connectivity index (χ1) is 10.6. The lowest BCUT2D eigenvalue weighted by Crippen LogP contribution is -2.29. The van der Waals surface area contributed by atoms with Crippen LogP contribution >= 0.6 is 15.9 Å². The van der Waals surface area contributed by atoms with Crippen LogP contribution in [0.5, 0.6) is 11.5 Å². The molecule has 0 spiro atoms. The number of halogens is 1. The number of nitrogens with one attached hydrogen (secondary N) is 2. The lowest BCUT2D eigenvalue weighted by Gasteiger charge is -2.07. The van der Waals surface area contributed by atoms with Crippen LogP contribution in [0.2, 0.25) is 0 Å². The lowest BCUT2D eigenvalue weighted by molar-refractivity contribution is -0.132. The molecule has 2 amide bonds. The minimum absolute atomic E-state index is 0.149. The van der Waals surface area contributed by atoms with Crippen LogP contribution < -0.4 is 20.1 Å². The van der Waals surface area contributed by atoms with Crippen molar-refractivity contribution in [1.29, 1.82) is 0 Å². The number of ether oxygens (including phenoxy) is 2. The van der Waals surface area contributed by atoms with Crippen molar-refractivity contribution in [2.45, 2.75) is 0 Å². The van der Waals surface area contributed by atoms with Crippen LogP contribution in [0.3, 0.4) is 0 Å². The molecule has 112 valence electrons. The lowest BCUT2D eigenvalue weighted by atomic mass is 10.2. The van der Waals surface area contributed by atoms with E-state index in [1.807, 2.05) is 6.07 Å². The quantitative estimate of drug-likeness (QED) is 0.805. The summed E-state index contributed by atoms with van der Waals surface area (Å²) in [5.41, 5.74) is 0.985. The fourth-order valence-corrected chi connectivity index (χ4v) is 2.32. The zero-order chi connectivity index (χ0) is 15.5. The van der Waals surface area contributed by atoms with Gasteiger partial charge in [-0.2, -0.15) is 0 Å². The van der Waals surface area contributed by atoms with Crippen molar-refractivity contribution in [3.05, 3.63) is 46.9 Å². The van der Waals surface area contributed by atoms with Gasteiger partial charge >= 0.3 is 11.8 Å². The van der Waals surface area contributed by atoms with E-state index >= 15 is 0 Å². The molecule has 3 rings (SSSR count). The summed E-state index contributed by atoms with van der Waals surface area (Å²) in [6, 6.07) is 11.9. The van der Waals surface area contributed by atoms with Gasteiger partial charge in [-0.05, 0) is 30.3 Å². The van der Waals surface area contributed by atoms with Gasteiger partial charge in [-0.25, -0.2) is 0 Å². The fraction of sp³-hybridized carbons (Fsp3) is 0.0667. The number of anilines is 2. The van der Waals surface area contributed by atoms with E-state index in [1.54, 1.807) is 36.4 Å². The van der Waals surface area contributed by atoms with E-state index in [-0.39, 0.29) is 6.79 Å². The molecular formula is C15H11BrN2O4. The summed E-state index contributed by atoms with van der Waals surface area (Å²) in [7, 11) is 0. The minimum atomic E-state index is -0.765. The molecule has 0 fully saturated rings. The maximum absolute atomic E-state index is 11.9. The maximum atomic E-state index is 11.9. The number of hydrogen-bond donors (Lipinski definition) is 2. The van der Waals surface area contributed by atoms with E-state index in [2.05, 4.69) is 26.6 Å². The van der Waals surface area contributed by atoms with Crippen molar-refractivity contribution < 1.29 is 19.1 Å². The highest BCUT2D eigenvalue weighted by Crippen LogP contribution is 2.34. The molecular weight excluding hydrogens is 352 g/mol. The summed E-state index contributed by atoms with van der Waals surface area (Å²) in [5, 5.41) is 5.03. The van der Waals surface area contributed by atoms with E-state index in [1.165, 1.54) is 0 Å². The first-order valence-electron chi connectivity index (χ1n) is 6.39. The third-order valence-electron chi connectivity index (χ3n) is 2.92. The molecule has 1 aliphatic rings. The van der Waals surface area contributed by atoms with E-state index in [4.69, 9.17) is 9.47 Å². The third kappa shape index (κ3) is 3.20. The Morgan fingerprint density at radius 1 is 0.909 bits per heavy atom. The molecule has 22 heavy (non-hydrogen) atoms. The van der Waals surface area contributed by atoms with Gasteiger partial charge in [0, 0.05) is 21.9 Å². The minimum Gasteiger partial charge on any atom is -0.454 e. The first-order valence-corrected chi connectivity index (χ1v) is 7.19. The van der Waals surface area contributed by atoms with E-state index in [0.717, 1.165) is 4.47 Å². The normalized spacial score (nSPS) is 11.9. The van der Waals surface area contributed by atoms with Crippen LogP contribution in [0.15, 0.2) is 46.9 Å². The Kier molecular flexibility index (Phi) is 3.97. The molecule has 0 bridgehead atoms. The molecule has 0 aliphatic carbocycles. The average molecular weight is 363 g/mol. The Bertz CT molecular complexity index is 748. The summed E-state index contributed by atoms with van der Waals surface area (Å²) < 4.78 is 11.2. The van der Waals surface area contributed by atoms with Gasteiger partial charge in [-0.3, -0.25) is 9.59 Å². The predicted octanol–water partition coefficient (Wildman–Crippen LogP) is 2.76. The highest BCUT2D eigenvalue weighted by atomic mass is 79.9. The van der Waals surface area contributed by atoms with Crippen molar-refractivity contribution in [2.24, 2.45) is 0 Å². The standard InChI is InChI=1S/C15H11BrN2O4/c16-9-2-1-3-10(6-9)17-14(19)15(20)18-11-4-5-12-13(7-11)22-8-21-12/h1-7H,8H2,(H,17,19)(H,18,20). The second kappa shape index (κ2) is 6.07. The smallest absolute Gasteiger partial charge is 0.314 e. The highest BCUT2D eigenvalue weighted by molar-refractivity contribution is 9.10. The van der Waals surface area contributed by atoms with Gasteiger partial charge in [0.2, 0.25) is 6.79 Å². The van der Waals surface area contributed by atoms with E-state index < -0.39 is 11.8 Å². The molecule has 2 N–H and O–H groups in total. The van der Waals surface area contributed by atoms with Crippen LogP contribution in [0.1, 0.15) is 0 Å². The third-order valence-corrected chi connectivity index (χ3v) is 3.41. The van der Waals surface area contributed by atoms with E-state index in [0.29, 0.717) is 22.9 Å². The van der Waals surface area contributed by atoms with Gasteiger partial charge in [0.1, 0.15) is 0 Å². The predicted molar refractivity (Wildman–Crippen MR) is 84.0 cm³/mol. The summed E-state index contributed by atoms with van der Waals surface area (Å²) in [5.74, 6) is -0.378. The van der Waals surface area contributed by atoms with Crippen molar-refractivity contribution >= 4 is 39.1 Å². The number of hydrogen-bond acceptors (Lipinski definition) is 4. The summed E-state index contributed by atoms with van der Waals surface area (Å²) >= 11 is 3.29. The monoisotopic (exact) mass is 362 g/mol. The van der Waals surface area contributed by atoms with E-state index in [9.17, 15) is 9.59 Å². The zero-order valence-corrected chi connectivity index (χ0v) is 12.8. The SMILES string of the molecule is O=C(Nc1cccc(Br)c1)C(=O)Nc1ccc2c(c1)OCO2. The molecule has 2 aromatic rings. The van der Waals surface area contributed by atoms with Crippen molar-refractivity contribution in [2.75, 3.05) is 17.4 Å². The van der Waals surface area contributed by atoms with Crippen LogP contribution in [0.25, 0.3) is 0 Å². The maximum Gasteiger partial charge on any atom is 0.314 e. The Balaban J connectivity index is 1.65. The molecule has 6 nitrogen and oxygen atoms in total. The molecule has 0 aromatic heterocycles. The van der Waals surface area contributed by atoms with Crippen LogP contribution in [0, 0.1) is 0 Å². The van der Waals surface area contributed by atoms with Gasteiger partial charge < -0.3 is 20.1 Å². The molecule has 0 unspecified atom stereocenters. The molecule has 7 heteroatoms. The average Bonchev–Trinajstić information content (AvgIpc) is 2.94. The molecule has 2 aromatic carbocycles. The Hall–Kier alpha value is -2.54. The molecule has 1 heterocycles. The van der Waals surface area contributed by atoms with Gasteiger partial charge in [-0.1, -0.05) is 22.0 Å². The van der Waals surface area contributed by atoms with Crippen LogP contribution in [-0.4, -0.2) is 18.6 Å². The molecule has 0 saturated heterocycles. The van der Waals surface area contributed by atoms with Gasteiger partial charge in [0.05, 0.1) is 0 Å². The molecule has 0 saturated carbocycles. The molecule has 0 radical (unpaired) electrons. The fourth-order valence-electron chi connectivity index (χ4n) is 1.92. The summed E-state index contributed by atoms with van der Waals surface area (Å²) in [6.45, 7) is 0.149. The summed E-state index contributed by atoms with van der Waals surface area (Å²) in [6.07, 6.45) is 0. The van der Waals surface area contributed by atoms with Crippen LogP contribution in [0.4, 0.5) is 11.4 Å². The highest BCUT2D eigenvalue weighted by Gasteiger charge is 2.17. The zero-order valence-electron chi connectivity index (χ0n) is 11.3. The first kappa shape index (κ1) is 14.4. The van der Waals surface area contributed by atoms with Gasteiger partial charge in [-0.15, -0.1) is 0 Å². The number of benzene rings is 2. The Morgan fingerprint density at radius 3 is 2.32 bits per heavy atom.